The van der Waals surface area contributed by atoms with E-state index in [1.165, 1.54) is 4.90 Å². The first-order valence-electron chi connectivity index (χ1n) is 8.67. The number of imide groups is 1. The molecular weight excluding hydrogens is 344 g/mol. The number of hydrogen-bond acceptors (Lipinski definition) is 4. The van der Waals surface area contributed by atoms with Crippen LogP contribution in [0.15, 0.2) is 12.1 Å². The quantitative estimate of drug-likeness (QED) is 0.818. The monoisotopic (exact) mass is 364 g/mol. The van der Waals surface area contributed by atoms with Crippen LogP contribution in [-0.4, -0.2) is 29.2 Å². The van der Waals surface area contributed by atoms with Gasteiger partial charge in [0.15, 0.2) is 6.79 Å². The summed E-state index contributed by atoms with van der Waals surface area (Å²) in [6, 6.07) is 3.21. The Hall–Kier alpha value is -1.79. The summed E-state index contributed by atoms with van der Waals surface area (Å²) in [6.07, 6.45) is 3.71. The Morgan fingerprint density at radius 3 is 3.00 bits per heavy atom. The van der Waals surface area contributed by atoms with Crippen molar-refractivity contribution in [3.8, 4) is 5.75 Å². The number of nitrogens with one attached hydrogen (secondary N) is 1. The molecule has 4 rings (SSSR count). The predicted octanol–water partition coefficient (Wildman–Crippen LogP) is 3.21. The number of halogens is 1. The molecule has 6 nitrogen and oxygen atoms in total. The van der Waals surface area contributed by atoms with E-state index in [0.717, 1.165) is 30.4 Å². The molecule has 0 bridgehead atoms. The van der Waals surface area contributed by atoms with Gasteiger partial charge >= 0.3 is 6.03 Å². The molecular formula is C18H21ClN2O4. The Labute approximate surface area is 151 Å². The number of rotatable bonds is 2. The molecule has 2 heterocycles. The van der Waals surface area contributed by atoms with Crippen LogP contribution in [0, 0.1) is 5.92 Å². The normalized spacial score (nSPS) is 28.7. The summed E-state index contributed by atoms with van der Waals surface area (Å²) in [6.45, 7) is 2.76. The van der Waals surface area contributed by atoms with Gasteiger partial charge in [0.25, 0.3) is 5.91 Å². The van der Waals surface area contributed by atoms with E-state index >= 15 is 0 Å². The molecule has 1 aromatic carbocycles. The number of nitrogens with zero attached hydrogens (tertiary/aromatic N) is 1. The van der Waals surface area contributed by atoms with Gasteiger partial charge in [0.05, 0.1) is 13.2 Å². The highest BCUT2D eigenvalue weighted by Gasteiger charge is 2.54. The second-order valence-corrected chi connectivity index (χ2v) is 7.54. The van der Waals surface area contributed by atoms with Gasteiger partial charge in [0.1, 0.15) is 11.3 Å². The van der Waals surface area contributed by atoms with Crippen LogP contribution >= 0.6 is 11.6 Å². The summed E-state index contributed by atoms with van der Waals surface area (Å²) in [4.78, 5) is 27.0. The fraction of sp³-hybridized carbons (Fsp3) is 0.556. The molecule has 25 heavy (non-hydrogen) atoms. The van der Waals surface area contributed by atoms with Gasteiger partial charge in [-0.1, -0.05) is 31.4 Å². The van der Waals surface area contributed by atoms with E-state index in [2.05, 4.69) is 5.32 Å². The third-order valence-corrected chi connectivity index (χ3v) is 5.80. The van der Waals surface area contributed by atoms with Crippen LogP contribution < -0.4 is 10.1 Å². The second-order valence-electron chi connectivity index (χ2n) is 7.10. The molecule has 1 saturated carbocycles. The van der Waals surface area contributed by atoms with Crippen molar-refractivity contribution in [1.82, 2.24) is 10.2 Å². The Kier molecular flexibility index (Phi) is 4.12. The highest BCUT2D eigenvalue weighted by molar-refractivity contribution is 6.30. The van der Waals surface area contributed by atoms with Crippen LogP contribution in [0.5, 0.6) is 5.75 Å². The molecule has 1 aromatic rings. The van der Waals surface area contributed by atoms with Gasteiger partial charge in [-0.2, -0.15) is 0 Å². The van der Waals surface area contributed by atoms with E-state index in [4.69, 9.17) is 21.1 Å². The Morgan fingerprint density at radius 1 is 1.36 bits per heavy atom. The lowest BCUT2D eigenvalue weighted by atomic mass is 9.73. The molecule has 0 radical (unpaired) electrons. The zero-order chi connectivity index (χ0) is 17.6. The highest BCUT2D eigenvalue weighted by atomic mass is 35.5. The van der Waals surface area contributed by atoms with Crippen molar-refractivity contribution in [3.63, 3.8) is 0 Å². The van der Waals surface area contributed by atoms with Crippen LogP contribution in [0.3, 0.4) is 0 Å². The summed E-state index contributed by atoms with van der Waals surface area (Å²) < 4.78 is 10.9. The van der Waals surface area contributed by atoms with Gasteiger partial charge in [-0.25, -0.2) is 4.79 Å². The Bertz CT molecular complexity index is 738. The van der Waals surface area contributed by atoms with Gasteiger partial charge in [0.2, 0.25) is 0 Å². The minimum Gasteiger partial charge on any atom is -0.467 e. The third-order valence-electron chi connectivity index (χ3n) is 5.58. The molecule has 3 aliphatic rings. The summed E-state index contributed by atoms with van der Waals surface area (Å²) >= 11 is 6.19. The van der Waals surface area contributed by atoms with Crippen LogP contribution in [0.4, 0.5) is 4.79 Å². The largest absolute Gasteiger partial charge is 0.467 e. The molecule has 0 aromatic heterocycles. The van der Waals surface area contributed by atoms with Crippen LogP contribution in [-0.2, 0) is 22.7 Å². The number of carbonyl (C=O) groups excluding carboxylic acids is 2. The maximum atomic E-state index is 13.1. The Morgan fingerprint density at radius 2 is 2.20 bits per heavy atom. The first kappa shape index (κ1) is 16.7. The standard InChI is InChI=1S/C18H21ClN2O4/c1-11-4-2-3-5-18(11)16(22)21(17(23)20-18)8-12-6-14(19)7-13-9-24-10-25-15(12)13/h6-7,11H,2-5,8-10H2,1H3,(H,20,23). The smallest absolute Gasteiger partial charge is 0.325 e. The van der Waals surface area contributed by atoms with Crippen molar-refractivity contribution in [1.29, 1.82) is 0 Å². The highest BCUT2D eigenvalue weighted by Crippen LogP contribution is 2.40. The van der Waals surface area contributed by atoms with Gasteiger partial charge in [-0.05, 0) is 30.9 Å². The molecule has 1 spiro atoms. The topological polar surface area (TPSA) is 67.9 Å². The van der Waals surface area contributed by atoms with Crippen molar-refractivity contribution in [2.75, 3.05) is 6.79 Å². The van der Waals surface area contributed by atoms with Gasteiger partial charge in [-0.3, -0.25) is 9.69 Å². The first-order chi connectivity index (χ1) is 12.0. The molecule has 2 fully saturated rings. The van der Waals surface area contributed by atoms with E-state index < -0.39 is 5.54 Å². The van der Waals surface area contributed by atoms with E-state index in [9.17, 15) is 9.59 Å². The summed E-state index contributed by atoms with van der Waals surface area (Å²) in [5.74, 6) is 0.667. The third kappa shape index (κ3) is 2.68. The van der Waals surface area contributed by atoms with Crippen molar-refractivity contribution in [2.24, 2.45) is 5.92 Å². The van der Waals surface area contributed by atoms with E-state index in [-0.39, 0.29) is 31.2 Å². The summed E-state index contributed by atoms with van der Waals surface area (Å²) in [5, 5.41) is 3.51. The number of carbonyl (C=O) groups is 2. The van der Waals surface area contributed by atoms with E-state index in [1.54, 1.807) is 12.1 Å². The first-order valence-corrected chi connectivity index (χ1v) is 9.05. The van der Waals surface area contributed by atoms with E-state index in [1.807, 2.05) is 6.92 Å². The Balaban J connectivity index is 1.64. The maximum Gasteiger partial charge on any atom is 0.325 e. The number of urea groups is 1. The lowest BCUT2D eigenvalue weighted by Gasteiger charge is -2.36. The number of amides is 3. The van der Waals surface area contributed by atoms with Crippen LogP contribution in [0.25, 0.3) is 0 Å². The second kappa shape index (κ2) is 6.18. The minimum absolute atomic E-state index is 0.134. The molecule has 134 valence electrons. The molecule has 2 atom stereocenters. The number of fused-ring (bicyclic) bond motifs is 1. The fourth-order valence-electron chi connectivity index (χ4n) is 4.18. The zero-order valence-electron chi connectivity index (χ0n) is 14.1. The van der Waals surface area contributed by atoms with Gasteiger partial charge in [0, 0.05) is 16.1 Å². The van der Waals surface area contributed by atoms with Crippen LogP contribution in [0.1, 0.15) is 43.7 Å². The van der Waals surface area contributed by atoms with E-state index in [0.29, 0.717) is 23.8 Å². The molecule has 1 aliphatic carbocycles. The van der Waals surface area contributed by atoms with Gasteiger partial charge < -0.3 is 14.8 Å². The molecule has 3 amide bonds. The molecule has 1 saturated heterocycles. The van der Waals surface area contributed by atoms with Gasteiger partial charge in [-0.15, -0.1) is 0 Å². The summed E-state index contributed by atoms with van der Waals surface area (Å²) in [5.41, 5.74) is 0.814. The van der Waals surface area contributed by atoms with Crippen molar-refractivity contribution >= 4 is 23.5 Å². The minimum atomic E-state index is -0.752. The number of ether oxygens (including phenoxy) is 2. The maximum absolute atomic E-state index is 13.1. The number of benzene rings is 1. The van der Waals surface area contributed by atoms with Crippen molar-refractivity contribution < 1.29 is 19.1 Å². The zero-order valence-corrected chi connectivity index (χ0v) is 14.9. The van der Waals surface area contributed by atoms with Crippen molar-refractivity contribution in [3.05, 3.63) is 28.3 Å². The average Bonchev–Trinajstić information content (AvgIpc) is 2.82. The molecule has 1 N–H and O–H groups in total. The lowest BCUT2D eigenvalue weighted by molar-refractivity contribution is -0.134. The average molecular weight is 365 g/mol. The van der Waals surface area contributed by atoms with Crippen LogP contribution in [0.2, 0.25) is 5.02 Å². The lowest BCUT2D eigenvalue weighted by Crippen LogP contribution is -2.53. The molecule has 7 heteroatoms. The SMILES string of the molecule is CC1CCCCC12NC(=O)N(Cc1cc(Cl)cc3c1OCOC3)C2=O. The van der Waals surface area contributed by atoms with Crippen molar-refractivity contribution in [2.45, 2.75) is 51.3 Å². The fourth-order valence-corrected chi connectivity index (χ4v) is 4.45. The summed E-state index contributed by atoms with van der Waals surface area (Å²) in [7, 11) is 0. The molecule has 2 unspecified atom stereocenters. The number of hydrogen-bond donors (Lipinski definition) is 1. The molecule has 2 aliphatic heterocycles. The predicted molar refractivity (Wildman–Crippen MR) is 91.2 cm³/mol.